The molecule has 2 rings (SSSR count). The van der Waals surface area contributed by atoms with Crippen LogP contribution in [-0.4, -0.2) is 33.2 Å². The number of unbranched alkanes of at least 4 members (excludes halogenated alkanes) is 2. The van der Waals surface area contributed by atoms with E-state index in [1.165, 1.54) is 0 Å². The van der Waals surface area contributed by atoms with Gasteiger partial charge in [0.2, 0.25) is 0 Å². The van der Waals surface area contributed by atoms with Gasteiger partial charge in [-0.3, -0.25) is 0 Å². The molecule has 0 bridgehead atoms. The maximum absolute atomic E-state index is 11.4. The molecule has 0 aliphatic heterocycles. The van der Waals surface area contributed by atoms with Gasteiger partial charge in [-0.05, 0) is 18.6 Å². The summed E-state index contributed by atoms with van der Waals surface area (Å²) in [6, 6.07) is 7.30. The van der Waals surface area contributed by atoms with Crippen molar-refractivity contribution in [1.29, 1.82) is 0 Å². The van der Waals surface area contributed by atoms with E-state index in [9.17, 15) is 9.90 Å². The lowest BCUT2D eigenvalue weighted by Gasteiger charge is -2.10. The predicted molar refractivity (Wildman–Crippen MR) is 78.5 cm³/mol. The third-order valence-corrected chi connectivity index (χ3v) is 3.27. The largest absolute Gasteiger partial charge is 0.496 e. The molecular formula is C15H19N3O3. The molecule has 1 aromatic carbocycles. The number of carbonyl (C=O) groups is 1. The number of hydrogen-bond donors (Lipinski definition) is 1. The number of para-hydroxylation sites is 1. The molecule has 1 N–H and O–H groups in total. The summed E-state index contributed by atoms with van der Waals surface area (Å²) in [6.45, 7) is 2.76. The Morgan fingerprint density at radius 3 is 2.76 bits per heavy atom. The molecule has 1 aromatic heterocycles. The predicted octanol–water partition coefficient (Wildman–Crippen LogP) is 2.84. The van der Waals surface area contributed by atoms with E-state index in [-0.39, 0.29) is 5.69 Å². The third-order valence-electron chi connectivity index (χ3n) is 3.27. The van der Waals surface area contributed by atoms with Gasteiger partial charge in [-0.25, -0.2) is 9.48 Å². The Morgan fingerprint density at radius 1 is 1.33 bits per heavy atom. The summed E-state index contributed by atoms with van der Waals surface area (Å²) < 4.78 is 6.97. The molecule has 0 unspecified atom stereocenters. The summed E-state index contributed by atoms with van der Waals surface area (Å²) in [5.41, 5.74) is 1.14. The molecule has 2 aromatic rings. The number of rotatable bonds is 7. The molecule has 6 nitrogen and oxygen atoms in total. The molecule has 112 valence electrons. The number of ether oxygens (including phenoxy) is 1. The van der Waals surface area contributed by atoms with Crippen LogP contribution in [-0.2, 0) is 6.54 Å². The number of carboxylic acid groups (broad SMARTS) is 1. The van der Waals surface area contributed by atoms with Crippen LogP contribution in [0.5, 0.6) is 5.75 Å². The molecule has 0 amide bonds. The number of methoxy groups -OCH3 is 1. The Labute approximate surface area is 123 Å². The van der Waals surface area contributed by atoms with E-state index < -0.39 is 5.97 Å². The van der Waals surface area contributed by atoms with Crippen molar-refractivity contribution >= 4 is 5.97 Å². The zero-order chi connectivity index (χ0) is 15.2. The summed E-state index contributed by atoms with van der Waals surface area (Å²) >= 11 is 0. The average molecular weight is 289 g/mol. The normalized spacial score (nSPS) is 10.6. The topological polar surface area (TPSA) is 77.2 Å². The molecule has 0 aliphatic carbocycles. The number of nitrogens with zero attached hydrogens (tertiary/aromatic N) is 3. The van der Waals surface area contributed by atoms with Crippen LogP contribution in [0.25, 0.3) is 11.3 Å². The minimum absolute atomic E-state index is 0.0454. The van der Waals surface area contributed by atoms with Crippen molar-refractivity contribution in [3.05, 3.63) is 30.0 Å². The monoisotopic (exact) mass is 289 g/mol. The zero-order valence-corrected chi connectivity index (χ0v) is 12.2. The fourth-order valence-electron chi connectivity index (χ4n) is 2.23. The minimum Gasteiger partial charge on any atom is -0.496 e. The molecule has 0 aliphatic rings. The van der Waals surface area contributed by atoms with Gasteiger partial charge in [0.05, 0.1) is 7.11 Å². The van der Waals surface area contributed by atoms with E-state index in [2.05, 4.69) is 17.2 Å². The van der Waals surface area contributed by atoms with Crippen LogP contribution in [0.4, 0.5) is 0 Å². The molecule has 0 saturated heterocycles. The van der Waals surface area contributed by atoms with Gasteiger partial charge in [-0.15, -0.1) is 5.10 Å². The number of hydrogen-bond acceptors (Lipinski definition) is 4. The Morgan fingerprint density at radius 2 is 2.10 bits per heavy atom. The summed E-state index contributed by atoms with van der Waals surface area (Å²) in [4.78, 5) is 11.4. The summed E-state index contributed by atoms with van der Waals surface area (Å²) in [6.07, 6.45) is 3.08. The van der Waals surface area contributed by atoms with E-state index in [4.69, 9.17) is 4.74 Å². The van der Waals surface area contributed by atoms with Crippen LogP contribution in [0.2, 0.25) is 0 Å². The Balaban J connectivity index is 2.48. The van der Waals surface area contributed by atoms with Crippen LogP contribution in [0, 0.1) is 0 Å². The fourth-order valence-corrected chi connectivity index (χ4v) is 2.23. The second-order valence-corrected chi connectivity index (χ2v) is 4.72. The second-order valence-electron chi connectivity index (χ2n) is 4.72. The lowest BCUT2D eigenvalue weighted by atomic mass is 10.1. The summed E-state index contributed by atoms with van der Waals surface area (Å²) in [5.74, 6) is -0.475. The van der Waals surface area contributed by atoms with Gasteiger partial charge in [-0.2, -0.15) is 0 Å². The molecule has 0 atom stereocenters. The van der Waals surface area contributed by atoms with Gasteiger partial charge < -0.3 is 9.84 Å². The van der Waals surface area contributed by atoms with E-state index in [1.807, 2.05) is 18.2 Å². The van der Waals surface area contributed by atoms with Crippen LogP contribution in [0.15, 0.2) is 24.3 Å². The van der Waals surface area contributed by atoms with Crippen molar-refractivity contribution in [3.63, 3.8) is 0 Å². The van der Waals surface area contributed by atoms with Gasteiger partial charge in [-0.1, -0.05) is 37.1 Å². The molecule has 0 spiro atoms. The SMILES string of the molecule is CCCCCn1nnc(C(=O)O)c1-c1ccccc1OC. The first-order chi connectivity index (χ1) is 10.2. The van der Waals surface area contributed by atoms with Crippen molar-refractivity contribution in [2.24, 2.45) is 0 Å². The maximum Gasteiger partial charge on any atom is 0.358 e. The van der Waals surface area contributed by atoms with Gasteiger partial charge in [0, 0.05) is 12.1 Å². The smallest absolute Gasteiger partial charge is 0.358 e. The van der Waals surface area contributed by atoms with Crippen LogP contribution in [0.3, 0.4) is 0 Å². The maximum atomic E-state index is 11.4. The Bertz CT molecular complexity index is 622. The van der Waals surface area contributed by atoms with Gasteiger partial charge in [0.1, 0.15) is 11.4 Å². The first-order valence-electron chi connectivity index (χ1n) is 6.99. The lowest BCUT2D eigenvalue weighted by Crippen LogP contribution is -2.06. The highest BCUT2D eigenvalue weighted by Crippen LogP contribution is 2.31. The lowest BCUT2D eigenvalue weighted by molar-refractivity contribution is 0.0691. The van der Waals surface area contributed by atoms with Crippen LogP contribution in [0.1, 0.15) is 36.7 Å². The third kappa shape index (κ3) is 3.21. The molecule has 0 saturated carbocycles. The van der Waals surface area contributed by atoms with Crippen molar-refractivity contribution in [3.8, 4) is 17.0 Å². The van der Waals surface area contributed by atoms with Crippen LogP contribution >= 0.6 is 0 Å². The molecular weight excluding hydrogens is 270 g/mol. The van der Waals surface area contributed by atoms with Crippen molar-refractivity contribution in [1.82, 2.24) is 15.0 Å². The summed E-state index contributed by atoms with van der Waals surface area (Å²) in [7, 11) is 1.56. The second kappa shape index (κ2) is 6.88. The quantitative estimate of drug-likeness (QED) is 0.793. The molecule has 6 heteroatoms. The molecule has 21 heavy (non-hydrogen) atoms. The highest BCUT2D eigenvalue weighted by molar-refractivity contribution is 5.93. The fraction of sp³-hybridized carbons (Fsp3) is 0.400. The molecule has 0 radical (unpaired) electrons. The number of aromatic nitrogens is 3. The Hall–Kier alpha value is -2.37. The van der Waals surface area contributed by atoms with E-state index in [0.717, 1.165) is 19.3 Å². The highest BCUT2D eigenvalue weighted by atomic mass is 16.5. The van der Waals surface area contributed by atoms with Gasteiger partial charge in [0.15, 0.2) is 5.69 Å². The number of benzene rings is 1. The minimum atomic E-state index is -1.09. The Kier molecular flexibility index (Phi) is 4.92. The molecule has 1 heterocycles. The van der Waals surface area contributed by atoms with E-state index in [0.29, 0.717) is 23.6 Å². The van der Waals surface area contributed by atoms with Gasteiger partial charge in [0.25, 0.3) is 0 Å². The standard InChI is InChI=1S/C15H19N3O3/c1-3-4-7-10-18-14(13(15(19)20)16-17-18)11-8-5-6-9-12(11)21-2/h5-6,8-9H,3-4,7,10H2,1-2H3,(H,19,20). The van der Waals surface area contributed by atoms with Crippen molar-refractivity contribution in [2.75, 3.05) is 7.11 Å². The van der Waals surface area contributed by atoms with Gasteiger partial charge >= 0.3 is 5.97 Å². The first kappa shape index (κ1) is 15.0. The highest BCUT2D eigenvalue weighted by Gasteiger charge is 2.22. The number of carboxylic acids is 1. The first-order valence-corrected chi connectivity index (χ1v) is 6.99. The van der Waals surface area contributed by atoms with E-state index >= 15 is 0 Å². The number of aromatic carboxylic acids is 1. The van der Waals surface area contributed by atoms with Crippen molar-refractivity contribution in [2.45, 2.75) is 32.7 Å². The summed E-state index contributed by atoms with van der Waals surface area (Å²) in [5, 5.41) is 17.1. The van der Waals surface area contributed by atoms with Crippen LogP contribution < -0.4 is 4.74 Å². The van der Waals surface area contributed by atoms with E-state index in [1.54, 1.807) is 17.9 Å². The molecule has 0 fully saturated rings. The zero-order valence-electron chi connectivity index (χ0n) is 12.2. The van der Waals surface area contributed by atoms with Crippen molar-refractivity contribution < 1.29 is 14.6 Å². The average Bonchev–Trinajstić information content (AvgIpc) is 2.91. The number of aryl methyl sites for hydroxylation is 1.